The van der Waals surface area contributed by atoms with Crippen LogP contribution in [0.5, 0.6) is 0 Å². The predicted molar refractivity (Wildman–Crippen MR) is 53.2 cm³/mol. The average Bonchev–Trinajstić information content (AvgIpc) is 2.03. The highest BCUT2D eigenvalue weighted by atomic mass is 127. The lowest BCUT2D eigenvalue weighted by atomic mass is 10.2. The molecule has 1 unspecified atom stereocenters. The summed E-state index contributed by atoms with van der Waals surface area (Å²) in [6.45, 7) is 0. The number of benzene rings is 1. The highest BCUT2D eigenvalue weighted by Gasteiger charge is 2.02. The van der Waals surface area contributed by atoms with Crippen molar-refractivity contribution in [1.29, 1.82) is 0 Å². The first-order valence-corrected chi connectivity index (χ1v) is 4.42. The van der Waals surface area contributed by atoms with Crippen molar-refractivity contribution in [2.24, 2.45) is 0 Å². The van der Waals surface area contributed by atoms with Gasteiger partial charge in [-0.05, 0) is 47.3 Å². The molecular formula is C8H10INO. The maximum absolute atomic E-state index is 9.34. The number of halogens is 1. The molecule has 0 aliphatic heterocycles. The Balaban J connectivity index is 2.86. The van der Waals surface area contributed by atoms with Gasteiger partial charge in [-0.1, -0.05) is 12.1 Å². The smallest absolute Gasteiger partial charge is 0.130 e. The van der Waals surface area contributed by atoms with Gasteiger partial charge in [-0.2, -0.15) is 0 Å². The summed E-state index contributed by atoms with van der Waals surface area (Å²) in [7, 11) is 1.73. The van der Waals surface area contributed by atoms with E-state index in [4.69, 9.17) is 0 Å². The summed E-state index contributed by atoms with van der Waals surface area (Å²) >= 11 is 2.22. The second kappa shape index (κ2) is 4.04. The van der Waals surface area contributed by atoms with Crippen LogP contribution in [0.3, 0.4) is 0 Å². The van der Waals surface area contributed by atoms with Gasteiger partial charge < -0.3 is 5.11 Å². The monoisotopic (exact) mass is 263 g/mol. The highest BCUT2D eigenvalue weighted by Crippen LogP contribution is 2.12. The van der Waals surface area contributed by atoms with Crippen LogP contribution in [-0.2, 0) is 0 Å². The van der Waals surface area contributed by atoms with Crippen LogP contribution in [-0.4, -0.2) is 12.2 Å². The van der Waals surface area contributed by atoms with Gasteiger partial charge in [0, 0.05) is 3.57 Å². The van der Waals surface area contributed by atoms with Crippen molar-refractivity contribution in [1.82, 2.24) is 5.32 Å². The van der Waals surface area contributed by atoms with E-state index in [2.05, 4.69) is 27.9 Å². The van der Waals surface area contributed by atoms with Crippen LogP contribution in [0.2, 0.25) is 0 Å². The SMILES string of the molecule is CNC(O)c1cccc(I)c1. The van der Waals surface area contributed by atoms with Crippen molar-refractivity contribution in [2.75, 3.05) is 7.05 Å². The summed E-state index contributed by atoms with van der Waals surface area (Å²) in [5.41, 5.74) is 0.902. The van der Waals surface area contributed by atoms with E-state index in [1.165, 1.54) is 0 Å². The Bertz CT molecular complexity index is 239. The minimum absolute atomic E-state index is 0.551. The molecule has 1 atom stereocenters. The third-order valence-corrected chi connectivity index (χ3v) is 2.11. The number of nitrogens with one attached hydrogen (secondary N) is 1. The van der Waals surface area contributed by atoms with Crippen molar-refractivity contribution in [2.45, 2.75) is 6.23 Å². The molecule has 0 aliphatic carbocycles. The number of hydrogen-bond acceptors (Lipinski definition) is 2. The molecule has 0 spiro atoms. The lowest BCUT2D eigenvalue weighted by Gasteiger charge is -2.08. The molecule has 0 fully saturated rings. The number of aliphatic hydroxyl groups is 1. The van der Waals surface area contributed by atoms with Crippen LogP contribution >= 0.6 is 22.6 Å². The Morgan fingerprint density at radius 2 is 2.27 bits per heavy atom. The Kier molecular flexibility index (Phi) is 3.29. The molecule has 0 aromatic heterocycles. The summed E-state index contributed by atoms with van der Waals surface area (Å²) in [4.78, 5) is 0. The Morgan fingerprint density at radius 3 is 2.82 bits per heavy atom. The molecule has 3 heteroatoms. The van der Waals surface area contributed by atoms with E-state index in [9.17, 15) is 5.11 Å². The van der Waals surface area contributed by atoms with E-state index >= 15 is 0 Å². The average molecular weight is 263 g/mol. The maximum atomic E-state index is 9.34. The van der Waals surface area contributed by atoms with Crippen molar-refractivity contribution in [3.05, 3.63) is 33.4 Å². The lowest BCUT2D eigenvalue weighted by molar-refractivity contribution is 0.149. The van der Waals surface area contributed by atoms with Gasteiger partial charge in [0.15, 0.2) is 0 Å². The van der Waals surface area contributed by atoms with E-state index in [1.54, 1.807) is 7.05 Å². The molecule has 0 saturated carbocycles. The topological polar surface area (TPSA) is 32.3 Å². The van der Waals surface area contributed by atoms with Crippen LogP contribution in [0, 0.1) is 3.57 Å². The fourth-order valence-electron chi connectivity index (χ4n) is 0.843. The van der Waals surface area contributed by atoms with E-state index < -0.39 is 6.23 Å². The fourth-order valence-corrected chi connectivity index (χ4v) is 1.41. The summed E-state index contributed by atoms with van der Waals surface area (Å²) in [5, 5.41) is 12.1. The number of aliphatic hydroxyl groups excluding tert-OH is 1. The van der Waals surface area contributed by atoms with E-state index in [-0.39, 0.29) is 0 Å². The van der Waals surface area contributed by atoms with Crippen molar-refractivity contribution in [3.8, 4) is 0 Å². The largest absolute Gasteiger partial charge is 0.374 e. The summed E-state index contributed by atoms with van der Waals surface area (Å²) in [5.74, 6) is 0. The zero-order valence-corrected chi connectivity index (χ0v) is 8.37. The third-order valence-electron chi connectivity index (χ3n) is 1.44. The summed E-state index contributed by atoms with van der Waals surface area (Å²) in [6.07, 6.45) is -0.551. The third kappa shape index (κ3) is 2.43. The van der Waals surface area contributed by atoms with Crippen molar-refractivity contribution < 1.29 is 5.11 Å². The molecule has 0 aliphatic rings. The van der Waals surface area contributed by atoms with Gasteiger partial charge in [0.25, 0.3) is 0 Å². The lowest BCUT2D eigenvalue weighted by Crippen LogP contribution is -2.14. The molecular weight excluding hydrogens is 253 g/mol. The minimum atomic E-state index is -0.551. The Labute approximate surface area is 79.8 Å². The highest BCUT2D eigenvalue weighted by molar-refractivity contribution is 14.1. The zero-order valence-electron chi connectivity index (χ0n) is 6.21. The van der Waals surface area contributed by atoms with Gasteiger partial charge in [0.2, 0.25) is 0 Å². The second-order valence-corrected chi connectivity index (χ2v) is 3.49. The Hall–Kier alpha value is -0.130. The first-order valence-electron chi connectivity index (χ1n) is 3.35. The van der Waals surface area contributed by atoms with Crippen LogP contribution in [0.15, 0.2) is 24.3 Å². The molecule has 2 nitrogen and oxygen atoms in total. The summed E-state index contributed by atoms with van der Waals surface area (Å²) < 4.78 is 1.13. The van der Waals surface area contributed by atoms with Crippen LogP contribution in [0.4, 0.5) is 0 Å². The maximum Gasteiger partial charge on any atom is 0.130 e. The summed E-state index contributed by atoms with van der Waals surface area (Å²) in [6, 6.07) is 7.76. The van der Waals surface area contributed by atoms with Crippen molar-refractivity contribution >= 4 is 22.6 Å². The Morgan fingerprint density at radius 1 is 1.55 bits per heavy atom. The van der Waals surface area contributed by atoms with Crippen molar-refractivity contribution in [3.63, 3.8) is 0 Å². The molecule has 11 heavy (non-hydrogen) atoms. The predicted octanol–water partition coefficient (Wildman–Crippen LogP) is 1.50. The van der Waals surface area contributed by atoms with Gasteiger partial charge in [-0.25, -0.2) is 0 Å². The number of rotatable bonds is 2. The second-order valence-electron chi connectivity index (χ2n) is 2.25. The van der Waals surface area contributed by atoms with Crippen LogP contribution in [0.25, 0.3) is 0 Å². The molecule has 0 radical (unpaired) electrons. The van der Waals surface area contributed by atoms with Gasteiger partial charge >= 0.3 is 0 Å². The quantitative estimate of drug-likeness (QED) is 0.626. The molecule has 1 rings (SSSR count). The molecule has 0 saturated heterocycles. The molecule has 1 aromatic rings. The standard InChI is InChI=1S/C8H10INO/c1-10-8(11)6-3-2-4-7(9)5-6/h2-5,8,10-11H,1H3. The first kappa shape index (κ1) is 8.96. The molecule has 2 N–H and O–H groups in total. The van der Waals surface area contributed by atoms with E-state index in [1.807, 2.05) is 24.3 Å². The van der Waals surface area contributed by atoms with Gasteiger partial charge in [0.1, 0.15) is 6.23 Å². The van der Waals surface area contributed by atoms with Crippen LogP contribution in [0.1, 0.15) is 11.8 Å². The van der Waals surface area contributed by atoms with E-state index in [0.717, 1.165) is 9.13 Å². The molecule has 60 valence electrons. The molecule has 0 amide bonds. The molecule has 0 bridgehead atoms. The first-order chi connectivity index (χ1) is 5.24. The molecule has 0 heterocycles. The van der Waals surface area contributed by atoms with E-state index in [0.29, 0.717) is 0 Å². The molecule has 1 aromatic carbocycles. The van der Waals surface area contributed by atoms with Gasteiger partial charge in [-0.15, -0.1) is 0 Å². The van der Waals surface area contributed by atoms with Gasteiger partial charge in [-0.3, -0.25) is 5.32 Å². The normalized spacial score (nSPS) is 13.0. The van der Waals surface area contributed by atoms with Crippen LogP contribution < -0.4 is 5.32 Å². The minimum Gasteiger partial charge on any atom is -0.374 e. The fraction of sp³-hybridized carbons (Fsp3) is 0.250. The van der Waals surface area contributed by atoms with Gasteiger partial charge in [0.05, 0.1) is 0 Å². The number of hydrogen-bond donors (Lipinski definition) is 2. The zero-order chi connectivity index (χ0) is 8.27.